The summed E-state index contributed by atoms with van der Waals surface area (Å²) in [4.78, 5) is 21.2. The number of nitrogens with zero attached hydrogens (tertiary/aromatic N) is 4. The predicted octanol–water partition coefficient (Wildman–Crippen LogP) is 3.38. The average molecular weight is 371 g/mol. The van der Waals surface area contributed by atoms with Gasteiger partial charge in [0.05, 0.1) is 0 Å². The Morgan fingerprint density at radius 1 is 0.964 bits per heavy atom. The third-order valence-electron chi connectivity index (χ3n) is 3.98. The van der Waals surface area contributed by atoms with Crippen LogP contribution in [0.15, 0.2) is 85.5 Å². The number of rotatable bonds is 6. The fraction of sp³-hybridized carbons (Fsp3) is 0.0476. The molecule has 1 amide bonds. The van der Waals surface area contributed by atoms with Crippen LogP contribution in [0.2, 0.25) is 0 Å². The Labute approximate surface area is 161 Å². The highest BCUT2D eigenvalue weighted by Gasteiger charge is 2.14. The van der Waals surface area contributed by atoms with E-state index in [1.54, 1.807) is 35.4 Å². The highest BCUT2D eigenvalue weighted by Crippen LogP contribution is 2.22. The van der Waals surface area contributed by atoms with Crippen molar-refractivity contribution in [3.8, 4) is 17.4 Å². The molecule has 4 aromatic rings. The van der Waals surface area contributed by atoms with Gasteiger partial charge < -0.3 is 10.1 Å². The quantitative estimate of drug-likeness (QED) is 0.562. The number of ether oxygens (including phenoxy) is 1. The summed E-state index contributed by atoms with van der Waals surface area (Å²) in [7, 11) is 0. The molecule has 0 aliphatic heterocycles. The van der Waals surface area contributed by atoms with Gasteiger partial charge >= 0.3 is 0 Å². The van der Waals surface area contributed by atoms with Crippen LogP contribution in [0.3, 0.4) is 0 Å². The van der Waals surface area contributed by atoms with Crippen molar-refractivity contribution < 1.29 is 9.53 Å². The summed E-state index contributed by atoms with van der Waals surface area (Å²) < 4.78 is 7.42. The number of amides is 1. The summed E-state index contributed by atoms with van der Waals surface area (Å²) >= 11 is 0. The zero-order valence-electron chi connectivity index (χ0n) is 14.9. The summed E-state index contributed by atoms with van der Waals surface area (Å²) in [6.07, 6.45) is 6.78. The maximum absolute atomic E-state index is 12.7. The maximum atomic E-state index is 12.7. The molecule has 3 heterocycles. The molecule has 3 aromatic heterocycles. The van der Waals surface area contributed by atoms with Crippen LogP contribution < -0.4 is 10.1 Å². The first-order chi connectivity index (χ1) is 13.8. The number of nitrogens with one attached hydrogen (secondary N) is 1. The second-order valence-electron chi connectivity index (χ2n) is 5.93. The van der Waals surface area contributed by atoms with Crippen LogP contribution >= 0.6 is 0 Å². The number of aromatic nitrogens is 4. The standard InChI is InChI=1S/C21H17N5O2/c27-20(18-8-4-10-23-21(18)28-17-6-2-1-3-7-17)24-15-16-9-12-22-19(14-16)26-13-5-11-25-26/h1-14H,15H2,(H,24,27). The topological polar surface area (TPSA) is 81.9 Å². The number of carbonyl (C=O) groups is 1. The normalized spacial score (nSPS) is 10.4. The van der Waals surface area contributed by atoms with E-state index in [2.05, 4.69) is 20.4 Å². The highest BCUT2D eigenvalue weighted by atomic mass is 16.5. The molecule has 0 aliphatic rings. The van der Waals surface area contributed by atoms with Crippen molar-refractivity contribution in [3.63, 3.8) is 0 Å². The fourth-order valence-corrected chi connectivity index (χ4v) is 2.62. The second-order valence-corrected chi connectivity index (χ2v) is 5.93. The molecule has 0 atom stereocenters. The van der Waals surface area contributed by atoms with Gasteiger partial charge in [-0.25, -0.2) is 14.6 Å². The molecule has 7 heteroatoms. The van der Waals surface area contributed by atoms with Gasteiger partial charge in [0.15, 0.2) is 5.82 Å². The molecule has 7 nitrogen and oxygen atoms in total. The molecule has 28 heavy (non-hydrogen) atoms. The molecule has 0 aliphatic carbocycles. The van der Waals surface area contributed by atoms with Crippen molar-refractivity contribution in [3.05, 3.63) is 96.6 Å². The van der Waals surface area contributed by atoms with E-state index in [9.17, 15) is 4.79 Å². The van der Waals surface area contributed by atoms with Gasteiger partial charge in [-0.15, -0.1) is 0 Å². The van der Waals surface area contributed by atoms with Crippen LogP contribution in [0.5, 0.6) is 11.6 Å². The van der Waals surface area contributed by atoms with Gasteiger partial charge in [-0.2, -0.15) is 5.10 Å². The largest absolute Gasteiger partial charge is 0.438 e. The van der Waals surface area contributed by atoms with Gasteiger partial charge in [-0.1, -0.05) is 18.2 Å². The van der Waals surface area contributed by atoms with Crippen LogP contribution in [-0.4, -0.2) is 25.7 Å². The van der Waals surface area contributed by atoms with Crippen molar-refractivity contribution in [2.75, 3.05) is 0 Å². The lowest BCUT2D eigenvalue weighted by molar-refractivity contribution is 0.0948. The van der Waals surface area contributed by atoms with Crippen LogP contribution in [-0.2, 0) is 6.54 Å². The van der Waals surface area contributed by atoms with Crippen LogP contribution in [0.4, 0.5) is 0 Å². The minimum absolute atomic E-state index is 0.262. The second kappa shape index (κ2) is 8.13. The van der Waals surface area contributed by atoms with Gasteiger partial charge in [-0.3, -0.25) is 4.79 Å². The molecule has 138 valence electrons. The Morgan fingerprint density at radius 2 is 1.86 bits per heavy atom. The summed E-state index contributed by atoms with van der Waals surface area (Å²) in [5.74, 6) is 1.30. The maximum Gasteiger partial charge on any atom is 0.257 e. The van der Waals surface area contributed by atoms with Crippen molar-refractivity contribution in [1.29, 1.82) is 0 Å². The molecule has 1 aromatic carbocycles. The molecule has 1 N–H and O–H groups in total. The summed E-state index contributed by atoms with van der Waals surface area (Å²) in [6, 6.07) is 18.2. The predicted molar refractivity (Wildman–Crippen MR) is 103 cm³/mol. The van der Waals surface area contributed by atoms with E-state index in [0.29, 0.717) is 23.7 Å². The van der Waals surface area contributed by atoms with E-state index >= 15 is 0 Å². The molecule has 0 fully saturated rings. The number of para-hydroxylation sites is 1. The summed E-state index contributed by atoms with van der Waals surface area (Å²) in [6.45, 7) is 0.343. The number of hydrogen-bond donors (Lipinski definition) is 1. The lowest BCUT2D eigenvalue weighted by Gasteiger charge is -2.11. The Balaban J connectivity index is 1.47. The molecule has 4 rings (SSSR count). The van der Waals surface area contributed by atoms with Crippen LogP contribution in [0, 0.1) is 0 Å². The van der Waals surface area contributed by atoms with Gasteiger partial charge in [0.1, 0.15) is 11.3 Å². The zero-order valence-corrected chi connectivity index (χ0v) is 14.9. The van der Waals surface area contributed by atoms with Gasteiger partial charge in [-0.05, 0) is 48.0 Å². The SMILES string of the molecule is O=C(NCc1ccnc(-n2cccn2)c1)c1cccnc1Oc1ccccc1. The van der Waals surface area contributed by atoms with Crippen molar-refractivity contribution in [2.45, 2.75) is 6.54 Å². The lowest BCUT2D eigenvalue weighted by Crippen LogP contribution is -2.23. The van der Waals surface area contributed by atoms with Crippen molar-refractivity contribution in [2.24, 2.45) is 0 Å². The number of carbonyl (C=O) groups excluding carboxylic acids is 1. The third kappa shape index (κ3) is 4.04. The molecule has 0 saturated heterocycles. The van der Waals surface area contributed by atoms with Gasteiger partial charge in [0.2, 0.25) is 5.88 Å². The van der Waals surface area contributed by atoms with Crippen LogP contribution in [0.1, 0.15) is 15.9 Å². The average Bonchev–Trinajstić information content (AvgIpc) is 3.28. The molecule has 0 saturated carbocycles. The fourth-order valence-electron chi connectivity index (χ4n) is 2.62. The Bertz CT molecular complexity index is 1070. The first-order valence-electron chi connectivity index (χ1n) is 8.71. The summed E-state index contributed by atoms with van der Waals surface area (Å²) in [5, 5.41) is 7.06. The molecule has 0 spiro atoms. The first-order valence-corrected chi connectivity index (χ1v) is 8.71. The van der Waals surface area contributed by atoms with E-state index in [1.807, 2.05) is 54.7 Å². The monoisotopic (exact) mass is 371 g/mol. The van der Waals surface area contributed by atoms with Crippen molar-refractivity contribution >= 4 is 5.91 Å². The zero-order chi connectivity index (χ0) is 19.2. The van der Waals surface area contributed by atoms with Gasteiger partial charge in [0.25, 0.3) is 5.91 Å². The van der Waals surface area contributed by atoms with Crippen LogP contribution in [0.25, 0.3) is 5.82 Å². The number of hydrogen-bond acceptors (Lipinski definition) is 5. The van der Waals surface area contributed by atoms with E-state index < -0.39 is 0 Å². The Hall–Kier alpha value is -4.00. The van der Waals surface area contributed by atoms with E-state index in [-0.39, 0.29) is 11.8 Å². The minimum Gasteiger partial charge on any atom is -0.438 e. The highest BCUT2D eigenvalue weighted by molar-refractivity contribution is 5.96. The summed E-state index contributed by atoms with van der Waals surface area (Å²) in [5.41, 5.74) is 1.27. The van der Waals surface area contributed by atoms with E-state index in [1.165, 1.54) is 0 Å². The Morgan fingerprint density at radius 3 is 2.68 bits per heavy atom. The van der Waals surface area contributed by atoms with Gasteiger partial charge in [0, 0.05) is 31.3 Å². The third-order valence-corrected chi connectivity index (χ3v) is 3.98. The smallest absolute Gasteiger partial charge is 0.257 e. The number of pyridine rings is 2. The minimum atomic E-state index is -0.267. The number of benzene rings is 1. The van der Waals surface area contributed by atoms with E-state index in [4.69, 9.17) is 4.74 Å². The first kappa shape index (κ1) is 17.4. The molecular formula is C21H17N5O2. The van der Waals surface area contributed by atoms with Crippen molar-refractivity contribution in [1.82, 2.24) is 25.1 Å². The molecule has 0 bridgehead atoms. The lowest BCUT2D eigenvalue weighted by atomic mass is 10.2. The molecular weight excluding hydrogens is 354 g/mol. The van der Waals surface area contributed by atoms with E-state index in [0.717, 1.165) is 5.56 Å². The molecule has 0 radical (unpaired) electrons. The molecule has 0 unspecified atom stereocenters. The Kier molecular flexibility index (Phi) is 5.06.